The lowest BCUT2D eigenvalue weighted by Crippen LogP contribution is -2.28. The van der Waals surface area contributed by atoms with E-state index in [0.717, 1.165) is 11.1 Å². The van der Waals surface area contributed by atoms with Gasteiger partial charge in [0.25, 0.3) is 5.91 Å². The van der Waals surface area contributed by atoms with Crippen LogP contribution in [0.1, 0.15) is 27.9 Å². The quantitative estimate of drug-likeness (QED) is 0.811. The summed E-state index contributed by atoms with van der Waals surface area (Å²) in [4.78, 5) is 38.5. The fraction of sp³-hybridized carbons (Fsp3) is 0.286. The van der Waals surface area contributed by atoms with Crippen molar-refractivity contribution in [3.05, 3.63) is 64.2 Å². The Morgan fingerprint density at radius 1 is 1.18 bits per heavy atom. The molecule has 3 amide bonds. The van der Waals surface area contributed by atoms with Crippen LogP contribution in [0.2, 0.25) is 5.02 Å². The zero-order valence-corrected chi connectivity index (χ0v) is 16.5. The number of aryl methyl sites for hydroxylation is 1. The zero-order valence-electron chi connectivity index (χ0n) is 15.8. The van der Waals surface area contributed by atoms with Gasteiger partial charge in [0.2, 0.25) is 11.8 Å². The monoisotopic (exact) mass is 399 g/mol. The summed E-state index contributed by atoms with van der Waals surface area (Å²) in [5.41, 5.74) is 2.94. The van der Waals surface area contributed by atoms with Gasteiger partial charge in [0.05, 0.1) is 16.6 Å². The molecule has 0 saturated carbocycles. The molecule has 28 heavy (non-hydrogen) atoms. The minimum atomic E-state index is -0.460. The third-order valence-electron chi connectivity index (χ3n) is 4.79. The van der Waals surface area contributed by atoms with Crippen molar-refractivity contribution in [1.82, 2.24) is 10.2 Å². The second kappa shape index (κ2) is 8.44. The number of likely N-dealkylation sites (tertiary alicyclic amines) is 1. The molecule has 1 saturated heterocycles. The Morgan fingerprint density at radius 3 is 2.57 bits per heavy atom. The maximum absolute atomic E-state index is 12.7. The SMILES string of the molecule is CNC(=O)c1ccc(Cl)c(NC(=O)C2CC(=O)N(Cc3ccc(C)cc3)C2)c1. The van der Waals surface area contributed by atoms with Gasteiger partial charge in [-0.3, -0.25) is 14.4 Å². The molecule has 146 valence electrons. The summed E-state index contributed by atoms with van der Waals surface area (Å²) in [6, 6.07) is 12.6. The molecule has 2 N–H and O–H groups in total. The maximum atomic E-state index is 12.7. The number of amides is 3. The zero-order chi connectivity index (χ0) is 20.3. The Kier molecular flexibility index (Phi) is 5.99. The smallest absolute Gasteiger partial charge is 0.251 e. The highest BCUT2D eigenvalue weighted by Gasteiger charge is 2.34. The lowest BCUT2D eigenvalue weighted by molar-refractivity contribution is -0.128. The van der Waals surface area contributed by atoms with Crippen LogP contribution in [-0.2, 0) is 16.1 Å². The van der Waals surface area contributed by atoms with Gasteiger partial charge in [0.1, 0.15) is 0 Å². The molecule has 2 aromatic rings. The molecule has 1 heterocycles. The molecule has 7 heteroatoms. The lowest BCUT2D eigenvalue weighted by atomic mass is 10.1. The Balaban J connectivity index is 1.66. The molecule has 0 bridgehead atoms. The van der Waals surface area contributed by atoms with Crippen LogP contribution in [-0.4, -0.2) is 36.2 Å². The molecule has 3 rings (SSSR count). The van der Waals surface area contributed by atoms with Crippen LogP contribution in [0.15, 0.2) is 42.5 Å². The average molecular weight is 400 g/mol. The fourth-order valence-corrected chi connectivity index (χ4v) is 3.32. The highest BCUT2D eigenvalue weighted by atomic mass is 35.5. The summed E-state index contributed by atoms with van der Waals surface area (Å²) >= 11 is 6.15. The minimum Gasteiger partial charge on any atom is -0.355 e. The molecule has 2 aromatic carbocycles. The van der Waals surface area contributed by atoms with Crippen molar-refractivity contribution in [2.45, 2.75) is 19.9 Å². The normalized spacial score (nSPS) is 16.2. The lowest BCUT2D eigenvalue weighted by Gasteiger charge is -2.17. The summed E-state index contributed by atoms with van der Waals surface area (Å²) in [5.74, 6) is -1.06. The average Bonchev–Trinajstić information content (AvgIpc) is 3.05. The number of nitrogens with one attached hydrogen (secondary N) is 2. The van der Waals surface area contributed by atoms with Crippen molar-refractivity contribution >= 4 is 35.0 Å². The number of halogens is 1. The maximum Gasteiger partial charge on any atom is 0.251 e. The molecule has 6 nitrogen and oxygen atoms in total. The largest absolute Gasteiger partial charge is 0.355 e. The minimum absolute atomic E-state index is 0.0501. The number of carbonyl (C=O) groups is 3. The van der Waals surface area contributed by atoms with E-state index in [1.165, 1.54) is 13.1 Å². The Hall–Kier alpha value is -2.86. The number of nitrogens with zero attached hydrogens (tertiary/aromatic N) is 1. The van der Waals surface area contributed by atoms with Crippen LogP contribution in [0.4, 0.5) is 5.69 Å². The van der Waals surface area contributed by atoms with Gasteiger partial charge in [-0.05, 0) is 30.7 Å². The second-order valence-electron chi connectivity index (χ2n) is 6.92. The summed E-state index contributed by atoms with van der Waals surface area (Å²) < 4.78 is 0. The van der Waals surface area contributed by atoms with E-state index < -0.39 is 5.92 Å². The third kappa shape index (κ3) is 4.51. The first kappa shape index (κ1) is 19.9. The van der Waals surface area contributed by atoms with Gasteiger partial charge >= 0.3 is 0 Å². The molecule has 1 unspecified atom stereocenters. The van der Waals surface area contributed by atoms with E-state index in [1.54, 1.807) is 17.0 Å². The van der Waals surface area contributed by atoms with E-state index in [-0.39, 0.29) is 24.1 Å². The number of hydrogen-bond acceptors (Lipinski definition) is 3. The first-order valence-electron chi connectivity index (χ1n) is 9.03. The van der Waals surface area contributed by atoms with E-state index in [9.17, 15) is 14.4 Å². The number of anilines is 1. The van der Waals surface area contributed by atoms with Crippen molar-refractivity contribution in [3.63, 3.8) is 0 Å². The van der Waals surface area contributed by atoms with Crippen LogP contribution in [0.5, 0.6) is 0 Å². The van der Waals surface area contributed by atoms with Crippen molar-refractivity contribution in [2.24, 2.45) is 5.92 Å². The predicted molar refractivity (Wildman–Crippen MR) is 108 cm³/mol. The van der Waals surface area contributed by atoms with Crippen molar-refractivity contribution in [3.8, 4) is 0 Å². The van der Waals surface area contributed by atoms with E-state index in [0.29, 0.717) is 29.4 Å². The summed E-state index contributed by atoms with van der Waals surface area (Å²) in [6.07, 6.45) is 0.157. The molecule has 1 aliphatic rings. The van der Waals surface area contributed by atoms with Crippen molar-refractivity contribution in [1.29, 1.82) is 0 Å². The van der Waals surface area contributed by atoms with Gasteiger partial charge in [0, 0.05) is 32.1 Å². The standard InChI is InChI=1S/C21H22ClN3O3/c1-13-3-5-14(6-4-13)11-25-12-16(10-19(25)26)21(28)24-18-9-15(20(27)23-2)7-8-17(18)22/h3-9,16H,10-12H2,1-2H3,(H,23,27)(H,24,28). The van der Waals surface area contributed by atoms with Gasteiger partial charge in [-0.1, -0.05) is 41.4 Å². The number of benzene rings is 2. The summed E-state index contributed by atoms with van der Waals surface area (Å²) in [5, 5.41) is 5.62. The van der Waals surface area contributed by atoms with Crippen LogP contribution in [0.3, 0.4) is 0 Å². The molecule has 1 fully saturated rings. The fourth-order valence-electron chi connectivity index (χ4n) is 3.16. The first-order chi connectivity index (χ1) is 13.4. The Morgan fingerprint density at radius 2 is 1.89 bits per heavy atom. The molecule has 0 aliphatic carbocycles. The Bertz CT molecular complexity index is 912. The molecule has 1 atom stereocenters. The third-order valence-corrected chi connectivity index (χ3v) is 5.12. The number of rotatable bonds is 5. The van der Waals surface area contributed by atoms with Crippen LogP contribution in [0.25, 0.3) is 0 Å². The van der Waals surface area contributed by atoms with Gasteiger partial charge < -0.3 is 15.5 Å². The molecular formula is C21H22ClN3O3. The molecular weight excluding hydrogens is 378 g/mol. The van der Waals surface area contributed by atoms with E-state index >= 15 is 0 Å². The van der Waals surface area contributed by atoms with Crippen LogP contribution < -0.4 is 10.6 Å². The van der Waals surface area contributed by atoms with Gasteiger partial charge in [0.15, 0.2) is 0 Å². The molecule has 0 radical (unpaired) electrons. The van der Waals surface area contributed by atoms with Gasteiger partial charge in [-0.15, -0.1) is 0 Å². The van der Waals surface area contributed by atoms with E-state index in [1.807, 2.05) is 31.2 Å². The Labute approximate surface area is 168 Å². The predicted octanol–water partition coefficient (Wildman–Crippen LogP) is 3.00. The highest BCUT2D eigenvalue weighted by molar-refractivity contribution is 6.34. The van der Waals surface area contributed by atoms with E-state index in [4.69, 9.17) is 11.6 Å². The second-order valence-corrected chi connectivity index (χ2v) is 7.33. The van der Waals surface area contributed by atoms with Gasteiger partial charge in [-0.25, -0.2) is 0 Å². The molecule has 1 aliphatic heterocycles. The van der Waals surface area contributed by atoms with E-state index in [2.05, 4.69) is 10.6 Å². The van der Waals surface area contributed by atoms with Crippen molar-refractivity contribution in [2.75, 3.05) is 18.9 Å². The van der Waals surface area contributed by atoms with Crippen molar-refractivity contribution < 1.29 is 14.4 Å². The first-order valence-corrected chi connectivity index (χ1v) is 9.41. The molecule has 0 spiro atoms. The molecule has 0 aromatic heterocycles. The summed E-state index contributed by atoms with van der Waals surface area (Å²) in [7, 11) is 1.53. The summed E-state index contributed by atoms with van der Waals surface area (Å²) in [6.45, 7) is 2.84. The van der Waals surface area contributed by atoms with Gasteiger partial charge in [-0.2, -0.15) is 0 Å². The topological polar surface area (TPSA) is 78.5 Å². The number of carbonyl (C=O) groups excluding carboxylic acids is 3. The van der Waals surface area contributed by atoms with Crippen LogP contribution in [0, 0.1) is 12.8 Å². The number of hydrogen-bond donors (Lipinski definition) is 2. The van der Waals surface area contributed by atoms with Crippen LogP contribution >= 0.6 is 11.6 Å². The highest BCUT2D eigenvalue weighted by Crippen LogP contribution is 2.26.